The first-order chi connectivity index (χ1) is 32.5. The molecular formula is C60H38BBrO4. The molecule has 2 aromatic heterocycles. The fourth-order valence-electron chi connectivity index (χ4n) is 9.78. The van der Waals surface area contributed by atoms with Crippen LogP contribution in [0.5, 0.6) is 0 Å². The number of hydrogen-bond acceptors (Lipinski definition) is 4. The van der Waals surface area contributed by atoms with Crippen molar-refractivity contribution in [2.75, 3.05) is 0 Å². The summed E-state index contributed by atoms with van der Waals surface area (Å²) < 4.78 is 13.9. The molecule has 0 spiro atoms. The van der Waals surface area contributed by atoms with Crippen molar-refractivity contribution in [2.24, 2.45) is 0 Å². The number of rotatable bonds is 2. The van der Waals surface area contributed by atoms with Crippen LogP contribution in [0.4, 0.5) is 0 Å². The average Bonchev–Trinajstić information content (AvgIpc) is 3.60. The van der Waals surface area contributed by atoms with Crippen molar-refractivity contribution in [2.45, 2.75) is 0 Å². The van der Waals surface area contributed by atoms with Gasteiger partial charge in [0.25, 0.3) is 0 Å². The fraction of sp³-hybridized carbons (Fsp3) is 0. The smallest absolute Gasteiger partial charge is 0.456 e. The lowest BCUT2D eigenvalue weighted by Gasteiger charge is -2.10. The summed E-state index contributed by atoms with van der Waals surface area (Å²) in [5.41, 5.74) is 6.66. The minimum Gasteiger partial charge on any atom is -0.456 e. The van der Waals surface area contributed by atoms with Crippen LogP contribution in [0, 0.1) is 0 Å². The first kappa shape index (κ1) is 39.8. The lowest BCUT2D eigenvalue weighted by molar-refractivity contribution is 0.426. The Morgan fingerprint density at radius 1 is 0.318 bits per heavy atom. The predicted molar refractivity (Wildman–Crippen MR) is 282 cm³/mol. The molecule has 6 heteroatoms. The van der Waals surface area contributed by atoms with Gasteiger partial charge in [0.15, 0.2) is 0 Å². The zero-order chi connectivity index (χ0) is 44.3. The zero-order valence-electron chi connectivity index (χ0n) is 35.5. The van der Waals surface area contributed by atoms with E-state index in [2.05, 4.69) is 174 Å². The Balaban J connectivity index is 0.000000113. The van der Waals surface area contributed by atoms with E-state index >= 15 is 0 Å². The van der Waals surface area contributed by atoms with Gasteiger partial charge in [-0.1, -0.05) is 198 Å². The van der Waals surface area contributed by atoms with Crippen LogP contribution in [0.25, 0.3) is 120 Å². The van der Waals surface area contributed by atoms with Gasteiger partial charge in [0.05, 0.1) is 0 Å². The molecule has 0 radical (unpaired) electrons. The Morgan fingerprint density at radius 3 is 1.33 bits per heavy atom. The SMILES string of the molecule is Brc1ccc2oc3cccc4cccc(c5cccc1c25)c43.OB(O)c1ccc2ccccc2c1.c1ccc2cc(-c3ccc4oc5cccc6cccc(c7cccc3c47)c65)ccc2c1. The molecule has 0 saturated heterocycles. The van der Waals surface area contributed by atoms with Gasteiger partial charge >= 0.3 is 7.12 Å². The van der Waals surface area contributed by atoms with Crippen molar-refractivity contribution in [3.05, 3.63) is 223 Å². The van der Waals surface area contributed by atoms with Crippen molar-refractivity contribution < 1.29 is 18.9 Å². The van der Waals surface area contributed by atoms with Crippen molar-refractivity contribution in [3.8, 4) is 11.1 Å². The van der Waals surface area contributed by atoms with Crippen LogP contribution in [-0.2, 0) is 0 Å². The summed E-state index contributed by atoms with van der Waals surface area (Å²) in [5.74, 6) is 0. The number of halogens is 1. The Morgan fingerprint density at radius 2 is 0.742 bits per heavy atom. The van der Waals surface area contributed by atoms with Crippen molar-refractivity contribution in [1.82, 2.24) is 0 Å². The van der Waals surface area contributed by atoms with E-state index < -0.39 is 7.12 Å². The van der Waals surface area contributed by atoms with Gasteiger partial charge in [-0.05, 0) is 112 Å². The highest BCUT2D eigenvalue weighted by atomic mass is 79.9. The van der Waals surface area contributed by atoms with Crippen LogP contribution in [0.3, 0.4) is 0 Å². The summed E-state index contributed by atoms with van der Waals surface area (Å²) >= 11 is 3.66. The van der Waals surface area contributed by atoms with Gasteiger partial charge in [0.1, 0.15) is 22.3 Å². The van der Waals surface area contributed by atoms with Crippen molar-refractivity contribution in [1.29, 1.82) is 0 Å². The fourth-order valence-corrected chi connectivity index (χ4v) is 10.2. The largest absolute Gasteiger partial charge is 0.488 e. The van der Waals surface area contributed by atoms with Gasteiger partial charge in [-0.2, -0.15) is 0 Å². The summed E-state index contributed by atoms with van der Waals surface area (Å²) in [6.07, 6.45) is 0. The van der Waals surface area contributed by atoms with Crippen LogP contribution in [-0.4, -0.2) is 17.2 Å². The molecule has 0 amide bonds. The Labute approximate surface area is 387 Å². The summed E-state index contributed by atoms with van der Waals surface area (Å²) in [7, 11) is -1.38. The maximum Gasteiger partial charge on any atom is 0.488 e. The summed E-state index contributed by atoms with van der Waals surface area (Å²) in [5, 5.41) is 37.0. The van der Waals surface area contributed by atoms with Gasteiger partial charge in [-0.25, -0.2) is 0 Å². The first-order valence-electron chi connectivity index (χ1n) is 22.0. The van der Waals surface area contributed by atoms with Gasteiger partial charge in [-0.3, -0.25) is 0 Å². The molecule has 0 fully saturated rings. The van der Waals surface area contributed by atoms with Crippen molar-refractivity contribution >= 4 is 137 Å². The molecule has 2 heterocycles. The second-order valence-corrected chi connectivity index (χ2v) is 17.5. The molecule has 4 nitrogen and oxygen atoms in total. The molecule has 0 saturated carbocycles. The Kier molecular flexibility index (Phi) is 9.87. The van der Waals surface area contributed by atoms with Gasteiger partial charge in [0.2, 0.25) is 0 Å². The second kappa shape index (κ2) is 16.4. The molecule has 66 heavy (non-hydrogen) atoms. The highest BCUT2D eigenvalue weighted by Gasteiger charge is 2.15. The van der Waals surface area contributed by atoms with Crippen LogP contribution >= 0.6 is 15.9 Å². The minimum absolute atomic E-state index is 0.527. The van der Waals surface area contributed by atoms with Gasteiger partial charge in [-0.15, -0.1) is 0 Å². The summed E-state index contributed by atoms with van der Waals surface area (Å²) in [6.45, 7) is 0. The normalized spacial score (nSPS) is 11.6. The molecule has 0 aliphatic carbocycles. The highest BCUT2D eigenvalue weighted by Crippen LogP contribution is 2.41. The summed E-state index contributed by atoms with van der Waals surface area (Å²) in [4.78, 5) is 0. The molecular weight excluding hydrogens is 875 g/mol. The lowest BCUT2D eigenvalue weighted by Crippen LogP contribution is -2.29. The van der Waals surface area contributed by atoms with E-state index in [0.717, 1.165) is 37.6 Å². The van der Waals surface area contributed by atoms with Crippen LogP contribution < -0.4 is 5.46 Å². The van der Waals surface area contributed by atoms with E-state index in [4.69, 9.17) is 18.9 Å². The Hall–Kier alpha value is -7.74. The first-order valence-corrected chi connectivity index (χ1v) is 22.8. The van der Waals surface area contributed by atoms with E-state index in [9.17, 15) is 0 Å². The van der Waals surface area contributed by atoms with E-state index in [1.54, 1.807) is 12.1 Å². The highest BCUT2D eigenvalue weighted by molar-refractivity contribution is 9.10. The number of hydrogen-bond donors (Lipinski definition) is 2. The van der Waals surface area contributed by atoms with Crippen LogP contribution in [0.15, 0.2) is 232 Å². The molecule has 0 aliphatic heterocycles. The molecule has 14 rings (SSSR count). The van der Waals surface area contributed by atoms with E-state index in [-0.39, 0.29) is 0 Å². The maximum absolute atomic E-state index is 8.94. The monoisotopic (exact) mass is 912 g/mol. The zero-order valence-corrected chi connectivity index (χ0v) is 37.0. The predicted octanol–water partition coefficient (Wildman–Crippen LogP) is 15.9. The molecule has 312 valence electrons. The van der Waals surface area contributed by atoms with E-state index in [0.29, 0.717) is 5.46 Å². The van der Waals surface area contributed by atoms with Crippen LogP contribution in [0.1, 0.15) is 0 Å². The second-order valence-electron chi connectivity index (χ2n) is 16.7. The lowest BCUT2D eigenvalue weighted by atomic mass is 9.79. The topological polar surface area (TPSA) is 66.7 Å². The van der Waals surface area contributed by atoms with Crippen molar-refractivity contribution in [3.63, 3.8) is 0 Å². The molecule has 0 aliphatic rings. The minimum atomic E-state index is -1.38. The molecule has 12 aromatic carbocycles. The molecule has 0 bridgehead atoms. The average molecular weight is 914 g/mol. The third-order valence-electron chi connectivity index (χ3n) is 12.8. The summed E-state index contributed by atoms with van der Waals surface area (Å²) in [6, 6.07) is 75.3. The number of benzene rings is 12. The number of fused-ring (bicyclic) bond motifs is 4. The van der Waals surface area contributed by atoms with Gasteiger partial charge < -0.3 is 18.9 Å². The van der Waals surface area contributed by atoms with E-state index in [1.165, 1.54) is 86.5 Å². The Bertz CT molecular complexity index is 4180. The standard InChI is InChI=1S/C30H18O.C20H11BrO.C10H9BO2/c1-2-7-21-18-22(15-14-19(21)6-1)23-16-17-28-30-24(23)11-5-12-26(30)25-10-3-8-20-9-4-13-27(31-28)29(20)25;21-16-10-11-18-20-14(7-3-8-15(16)20)13-6-1-4-12-5-2-9-17(22-18)19(12)13;12-11(13)10-6-5-8-3-1-2-4-9(8)7-10/h1-18H;1-11H;1-7,12-13H. The molecule has 0 unspecified atom stereocenters. The molecule has 14 aromatic rings. The third kappa shape index (κ3) is 6.86. The van der Waals surface area contributed by atoms with Crippen LogP contribution in [0.2, 0.25) is 0 Å². The van der Waals surface area contributed by atoms with E-state index in [1.807, 2.05) is 48.5 Å². The molecule has 0 atom stereocenters. The third-order valence-corrected chi connectivity index (χ3v) is 13.5. The quantitative estimate of drug-likeness (QED) is 0.170. The maximum atomic E-state index is 8.94. The molecule has 2 N–H and O–H groups in total. The van der Waals surface area contributed by atoms with Gasteiger partial charge in [0, 0.05) is 31.4 Å².